The van der Waals surface area contributed by atoms with Gasteiger partial charge in [-0.1, -0.05) is 6.07 Å². The van der Waals surface area contributed by atoms with E-state index in [1.165, 1.54) is 18.6 Å². The highest BCUT2D eigenvalue weighted by atomic mass is 19.2. The number of carbonyl (C=O) groups excluding carboxylic acids is 1. The summed E-state index contributed by atoms with van der Waals surface area (Å²) < 4.78 is 27.2. The van der Waals surface area contributed by atoms with Gasteiger partial charge in [0.1, 0.15) is 0 Å². The zero-order chi connectivity index (χ0) is 13.9. The van der Waals surface area contributed by atoms with E-state index in [1.54, 1.807) is 0 Å². The topological polar surface area (TPSA) is 17.1 Å². The average molecular weight is 276 g/mol. The molecular formula is C17H18F2O. The lowest BCUT2D eigenvalue weighted by Crippen LogP contribution is -2.48. The van der Waals surface area contributed by atoms with Crippen LogP contribution in [0.25, 0.3) is 0 Å². The van der Waals surface area contributed by atoms with Crippen molar-refractivity contribution in [1.29, 1.82) is 0 Å². The lowest BCUT2D eigenvalue weighted by Gasteiger charge is -2.53. The van der Waals surface area contributed by atoms with E-state index in [1.807, 2.05) is 0 Å². The Balaban J connectivity index is 1.67. The van der Waals surface area contributed by atoms with E-state index < -0.39 is 11.6 Å². The Morgan fingerprint density at radius 3 is 2.15 bits per heavy atom. The van der Waals surface area contributed by atoms with Crippen molar-refractivity contribution in [2.45, 2.75) is 32.1 Å². The summed E-state index contributed by atoms with van der Waals surface area (Å²) in [4.78, 5) is 12.7. The summed E-state index contributed by atoms with van der Waals surface area (Å²) in [6.07, 6.45) is 5.77. The highest BCUT2D eigenvalue weighted by Gasteiger charge is 2.51. The number of ketones is 1. The molecule has 0 aromatic heterocycles. The number of rotatable bonds is 2. The van der Waals surface area contributed by atoms with Crippen molar-refractivity contribution in [2.24, 2.45) is 29.6 Å². The Morgan fingerprint density at radius 2 is 1.55 bits per heavy atom. The molecule has 0 radical (unpaired) electrons. The highest BCUT2D eigenvalue weighted by molar-refractivity contribution is 5.98. The Morgan fingerprint density at radius 1 is 0.950 bits per heavy atom. The van der Waals surface area contributed by atoms with E-state index in [0.29, 0.717) is 11.8 Å². The summed E-state index contributed by atoms with van der Waals surface area (Å²) >= 11 is 0. The molecule has 0 atom stereocenters. The predicted molar refractivity (Wildman–Crippen MR) is 71.2 cm³/mol. The molecule has 20 heavy (non-hydrogen) atoms. The third kappa shape index (κ3) is 1.75. The van der Waals surface area contributed by atoms with Crippen molar-refractivity contribution in [3.05, 3.63) is 35.4 Å². The molecule has 0 heterocycles. The quantitative estimate of drug-likeness (QED) is 0.739. The average Bonchev–Trinajstić information content (AvgIpc) is 2.40. The number of benzene rings is 1. The van der Waals surface area contributed by atoms with Crippen LogP contribution >= 0.6 is 0 Å². The SMILES string of the molecule is O=C(c1cccc(F)c1F)C1C2CC3CC(C2)CC1C3. The predicted octanol–water partition coefficient (Wildman–Crippen LogP) is 4.22. The van der Waals surface area contributed by atoms with Gasteiger partial charge in [-0.15, -0.1) is 0 Å². The van der Waals surface area contributed by atoms with E-state index in [2.05, 4.69) is 0 Å². The van der Waals surface area contributed by atoms with Gasteiger partial charge in [-0.2, -0.15) is 0 Å². The molecule has 0 amide bonds. The first-order valence-electron chi connectivity index (χ1n) is 7.61. The number of Topliss-reactive ketones (excluding diaryl/α,β-unsaturated/α-hetero) is 1. The van der Waals surface area contributed by atoms with Crippen LogP contribution in [0.1, 0.15) is 42.5 Å². The molecule has 106 valence electrons. The monoisotopic (exact) mass is 276 g/mol. The van der Waals surface area contributed by atoms with Crippen LogP contribution in [-0.4, -0.2) is 5.78 Å². The fourth-order valence-corrected chi connectivity index (χ4v) is 5.23. The van der Waals surface area contributed by atoms with Crippen LogP contribution in [0.3, 0.4) is 0 Å². The summed E-state index contributed by atoms with van der Waals surface area (Å²) in [6, 6.07) is 3.94. The molecule has 0 aliphatic heterocycles. The van der Waals surface area contributed by atoms with E-state index in [-0.39, 0.29) is 17.3 Å². The van der Waals surface area contributed by atoms with Crippen molar-refractivity contribution in [1.82, 2.24) is 0 Å². The summed E-state index contributed by atoms with van der Waals surface area (Å²) in [5, 5.41) is 0. The fraction of sp³-hybridized carbons (Fsp3) is 0.588. The summed E-state index contributed by atoms with van der Waals surface area (Å²) in [7, 11) is 0. The summed E-state index contributed by atoms with van der Waals surface area (Å²) in [5.41, 5.74) is -0.0394. The number of hydrogen-bond acceptors (Lipinski definition) is 1. The molecular weight excluding hydrogens is 258 g/mol. The summed E-state index contributed by atoms with van der Waals surface area (Å²) in [6.45, 7) is 0. The standard InChI is InChI=1S/C17H18F2O/c18-14-3-1-2-13(16(14)19)17(20)15-11-5-9-4-10(7-11)8-12(15)6-9/h1-3,9-12,15H,4-8H2. The van der Waals surface area contributed by atoms with Crippen molar-refractivity contribution < 1.29 is 13.6 Å². The Kier molecular flexibility index (Phi) is 2.73. The highest BCUT2D eigenvalue weighted by Crippen LogP contribution is 2.57. The summed E-state index contributed by atoms with van der Waals surface area (Å²) in [5.74, 6) is 0.251. The maximum Gasteiger partial charge on any atom is 0.169 e. The van der Waals surface area contributed by atoms with Crippen LogP contribution in [-0.2, 0) is 0 Å². The molecule has 0 unspecified atom stereocenters. The molecule has 3 heteroatoms. The molecule has 4 fully saturated rings. The van der Waals surface area contributed by atoms with Gasteiger partial charge in [0.2, 0.25) is 0 Å². The van der Waals surface area contributed by atoms with Crippen molar-refractivity contribution in [2.75, 3.05) is 0 Å². The second kappa shape index (κ2) is 4.37. The number of halogens is 2. The second-order valence-corrected chi connectivity index (χ2v) is 6.92. The molecule has 0 N–H and O–H groups in total. The minimum absolute atomic E-state index is 0.0394. The van der Waals surface area contributed by atoms with Gasteiger partial charge in [-0.05, 0) is 67.9 Å². The molecule has 4 aliphatic carbocycles. The molecule has 0 spiro atoms. The Bertz CT molecular complexity index is 538. The van der Waals surface area contributed by atoms with Crippen LogP contribution < -0.4 is 0 Å². The minimum atomic E-state index is -0.966. The maximum absolute atomic E-state index is 13.9. The van der Waals surface area contributed by atoms with E-state index in [4.69, 9.17) is 0 Å². The first-order chi connectivity index (χ1) is 9.63. The number of hydrogen-bond donors (Lipinski definition) is 0. The normalized spacial score (nSPS) is 38.2. The zero-order valence-electron chi connectivity index (χ0n) is 11.3. The van der Waals surface area contributed by atoms with E-state index >= 15 is 0 Å². The van der Waals surface area contributed by atoms with Crippen LogP contribution in [0, 0.1) is 41.2 Å². The van der Waals surface area contributed by atoms with Crippen molar-refractivity contribution in [3.63, 3.8) is 0 Å². The first kappa shape index (κ1) is 12.5. The molecule has 1 aromatic rings. The fourth-order valence-electron chi connectivity index (χ4n) is 5.23. The van der Waals surface area contributed by atoms with Crippen LogP contribution in [0.2, 0.25) is 0 Å². The van der Waals surface area contributed by atoms with Gasteiger partial charge in [-0.3, -0.25) is 4.79 Å². The third-order valence-corrected chi connectivity index (χ3v) is 5.75. The lowest BCUT2D eigenvalue weighted by molar-refractivity contribution is -0.0252. The second-order valence-electron chi connectivity index (χ2n) is 6.92. The van der Waals surface area contributed by atoms with Gasteiger partial charge < -0.3 is 0 Å². The van der Waals surface area contributed by atoms with Crippen LogP contribution in [0.15, 0.2) is 18.2 Å². The molecule has 4 bridgehead atoms. The molecule has 0 saturated heterocycles. The van der Waals surface area contributed by atoms with Gasteiger partial charge in [0, 0.05) is 5.92 Å². The van der Waals surface area contributed by atoms with Gasteiger partial charge in [-0.25, -0.2) is 8.78 Å². The smallest absolute Gasteiger partial charge is 0.169 e. The molecule has 5 rings (SSSR count). The lowest BCUT2D eigenvalue weighted by atomic mass is 9.51. The molecule has 1 nitrogen and oxygen atoms in total. The molecule has 1 aromatic carbocycles. The number of carbonyl (C=O) groups is 1. The molecule has 4 saturated carbocycles. The first-order valence-corrected chi connectivity index (χ1v) is 7.61. The molecule has 4 aliphatic rings. The van der Waals surface area contributed by atoms with Gasteiger partial charge in [0.15, 0.2) is 17.4 Å². The Labute approximate surface area is 117 Å². The largest absolute Gasteiger partial charge is 0.294 e. The van der Waals surface area contributed by atoms with Crippen molar-refractivity contribution >= 4 is 5.78 Å². The van der Waals surface area contributed by atoms with E-state index in [0.717, 1.165) is 43.6 Å². The van der Waals surface area contributed by atoms with Crippen LogP contribution in [0.4, 0.5) is 8.78 Å². The third-order valence-electron chi connectivity index (χ3n) is 5.75. The van der Waals surface area contributed by atoms with Crippen LogP contribution in [0.5, 0.6) is 0 Å². The van der Waals surface area contributed by atoms with E-state index in [9.17, 15) is 13.6 Å². The van der Waals surface area contributed by atoms with Gasteiger partial charge in [0.25, 0.3) is 0 Å². The Hall–Kier alpha value is -1.25. The van der Waals surface area contributed by atoms with Crippen molar-refractivity contribution in [3.8, 4) is 0 Å². The van der Waals surface area contributed by atoms with Gasteiger partial charge >= 0.3 is 0 Å². The minimum Gasteiger partial charge on any atom is -0.294 e. The maximum atomic E-state index is 13.9. The van der Waals surface area contributed by atoms with Gasteiger partial charge in [0.05, 0.1) is 5.56 Å². The zero-order valence-corrected chi connectivity index (χ0v) is 11.3.